The molecule has 0 radical (unpaired) electrons. The van der Waals surface area contributed by atoms with E-state index in [0.29, 0.717) is 0 Å². The number of hydrogen-bond donors (Lipinski definition) is 0. The summed E-state index contributed by atoms with van der Waals surface area (Å²) in [5, 5.41) is 10.1. The van der Waals surface area contributed by atoms with E-state index >= 15 is 0 Å². The van der Waals surface area contributed by atoms with Crippen LogP contribution in [0.2, 0.25) is 0 Å². The minimum atomic E-state index is 0.0345. The Morgan fingerprint density at radius 3 is 0.908 bits per heavy atom. The maximum Gasteiger partial charge on any atom is 0.0561 e. The van der Waals surface area contributed by atoms with E-state index in [9.17, 15) is 0 Å². The van der Waals surface area contributed by atoms with E-state index in [1.807, 2.05) is 0 Å². The van der Waals surface area contributed by atoms with Crippen LogP contribution in [-0.2, 0) is 21.7 Å². The van der Waals surface area contributed by atoms with Crippen LogP contribution in [0.5, 0.6) is 0 Å². The highest BCUT2D eigenvalue weighted by molar-refractivity contribution is 6.14. The molecule has 3 nitrogen and oxygen atoms in total. The molecule has 0 spiro atoms. The zero-order valence-electron chi connectivity index (χ0n) is 40.3. The van der Waals surface area contributed by atoms with Gasteiger partial charge in [0.25, 0.3) is 0 Å². The molecule has 65 heavy (non-hydrogen) atoms. The lowest BCUT2D eigenvalue weighted by Gasteiger charge is -2.19. The molecule has 0 fully saturated rings. The van der Waals surface area contributed by atoms with Crippen molar-refractivity contribution in [3.8, 4) is 17.1 Å². The second-order valence-corrected chi connectivity index (χ2v) is 22.9. The van der Waals surface area contributed by atoms with Crippen molar-refractivity contribution < 1.29 is 0 Å². The first-order chi connectivity index (χ1) is 30.7. The fraction of sp³-hybridized carbons (Fsp3) is 0.258. The highest BCUT2D eigenvalue weighted by Gasteiger charge is 2.24. The minimum absolute atomic E-state index is 0.0345. The second kappa shape index (κ2) is 14.0. The Kier molecular flexibility index (Phi) is 8.84. The van der Waals surface area contributed by atoms with Gasteiger partial charge in [0.2, 0.25) is 0 Å². The molecule has 0 amide bonds. The number of fused-ring (bicyclic) bond motifs is 10. The molecule has 11 aromatic rings. The summed E-state index contributed by atoms with van der Waals surface area (Å²) in [6, 6.07) is 58.4. The molecule has 0 saturated carbocycles. The molecule has 3 heterocycles. The maximum atomic E-state index is 2.51. The standard InChI is InChI=1S/C62H61N3/c1-59(2,3)40-18-27-53-49(32-40)50-33-41(60(4,5)6)19-28-54(50)63(53)45-23-25-47-48-26-24-46(37-58(48)65(57(47)36-45)44-22-17-38-15-13-14-16-39(38)31-44)64-55-29-20-42(61(7,8)9)34-51(55)52-35-43(62(10,11)12)21-30-56(52)64/h13-37H,1-12H3. The second-order valence-electron chi connectivity index (χ2n) is 22.9. The summed E-state index contributed by atoms with van der Waals surface area (Å²) >= 11 is 0. The molecule has 0 unspecified atom stereocenters. The monoisotopic (exact) mass is 847 g/mol. The Hall–Kier alpha value is -6.58. The topological polar surface area (TPSA) is 14.8 Å². The van der Waals surface area contributed by atoms with Gasteiger partial charge in [-0.25, -0.2) is 0 Å². The number of hydrogen-bond acceptors (Lipinski definition) is 0. The van der Waals surface area contributed by atoms with Crippen molar-refractivity contribution in [1.29, 1.82) is 0 Å². The third kappa shape index (κ3) is 6.60. The smallest absolute Gasteiger partial charge is 0.0561 e. The summed E-state index contributed by atoms with van der Waals surface area (Å²) in [6.07, 6.45) is 0. The first kappa shape index (κ1) is 41.1. The summed E-state index contributed by atoms with van der Waals surface area (Å²) in [5.41, 5.74) is 16.3. The summed E-state index contributed by atoms with van der Waals surface area (Å²) in [6.45, 7) is 27.7. The molecule has 0 aliphatic carbocycles. The van der Waals surface area contributed by atoms with Gasteiger partial charge < -0.3 is 13.7 Å². The Bertz CT molecular complexity index is 3390. The van der Waals surface area contributed by atoms with E-state index < -0.39 is 0 Å². The summed E-state index contributed by atoms with van der Waals surface area (Å²) < 4.78 is 7.50. The van der Waals surface area contributed by atoms with Crippen LogP contribution in [0.15, 0.2) is 152 Å². The van der Waals surface area contributed by atoms with Crippen LogP contribution in [0, 0.1) is 0 Å². The van der Waals surface area contributed by atoms with Crippen molar-refractivity contribution in [2.24, 2.45) is 0 Å². The lowest BCUT2D eigenvalue weighted by atomic mass is 9.85. The van der Waals surface area contributed by atoms with Gasteiger partial charge in [0.15, 0.2) is 0 Å². The van der Waals surface area contributed by atoms with Crippen molar-refractivity contribution in [3.63, 3.8) is 0 Å². The highest BCUT2D eigenvalue weighted by atomic mass is 15.0. The highest BCUT2D eigenvalue weighted by Crippen LogP contribution is 2.42. The molecule has 0 atom stereocenters. The van der Waals surface area contributed by atoms with Crippen LogP contribution < -0.4 is 0 Å². The van der Waals surface area contributed by atoms with Crippen LogP contribution in [0.1, 0.15) is 105 Å². The molecule has 324 valence electrons. The van der Waals surface area contributed by atoms with E-state index in [2.05, 4.69) is 248 Å². The predicted octanol–water partition coefficient (Wildman–Crippen LogP) is 17.3. The average Bonchev–Trinajstić information content (AvgIpc) is 3.88. The van der Waals surface area contributed by atoms with Crippen molar-refractivity contribution in [2.45, 2.75) is 105 Å². The Morgan fingerprint density at radius 1 is 0.246 bits per heavy atom. The summed E-state index contributed by atoms with van der Waals surface area (Å²) in [4.78, 5) is 0. The Morgan fingerprint density at radius 2 is 0.554 bits per heavy atom. The maximum absolute atomic E-state index is 2.51. The molecular formula is C62H61N3. The number of benzene rings is 8. The molecule has 3 aromatic heterocycles. The van der Waals surface area contributed by atoms with Crippen molar-refractivity contribution in [2.75, 3.05) is 0 Å². The van der Waals surface area contributed by atoms with Crippen molar-refractivity contribution in [1.82, 2.24) is 13.7 Å². The zero-order chi connectivity index (χ0) is 45.5. The van der Waals surface area contributed by atoms with Crippen LogP contribution in [-0.4, -0.2) is 13.7 Å². The molecule has 0 saturated heterocycles. The Balaban J connectivity index is 1.20. The molecule has 0 N–H and O–H groups in total. The van der Waals surface area contributed by atoms with Crippen molar-refractivity contribution in [3.05, 3.63) is 174 Å². The summed E-state index contributed by atoms with van der Waals surface area (Å²) in [5.74, 6) is 0. The van der Waals surface area contributed by atoms with Gasteiger partial charge in [0.05, 0.1) is 33.1 Å². The summed E-state index contributed by atoms with van der Waals surface area (Å²) in [7, 11) is 0. The molecule has 8 aromatic carbocycles. The third-order valence-electron chi connectivity index (χ3n) is 14.2. The molecule has 0 bridgehead atoms. The number of nitrogens with zero attached hydrogens (tertiary/aromatic N) is 3. The van der Waals surface area contributed by atoms with Crippen LogP contribution >= 0.6 is 0 Å². The number of aromatic nitrogens is 3. The molecule has 0 aliphatic rings. The number of rotatable bonds is 3. The van der Waals surface area contributed by atoms with E-state index in [0.717, 1.165) is 17.1 Å². The fourth-order valence-electron chi connectivity index (χ4n) is 10.3. The Labute approximate surface area is 383 Å². The minimum Gasteiger partial charge on any atom is -0.309 e. The third-order valence-corrected chi connectivity index (χ3v) is 14.2. The lowest BCUT2D eigenvalue weighted by Crippen LogP contribution is -2.10. The van der Waals surface area contributed by atoms with Gasteiger partial charge in [0.1, 0.15) is 0 Å². The van der Waals surface area contributed by atoms with Gasteiger partial charge in [0, 0.05) is 49.4 Å². The van der Waals surface area contributed by atoms with E-state index in [-0.39, 0.29) is 21.7 Å². The predicted molar refractivity (Wildman–Crippen MR) is 282 cm³/mol. The van der Waals surface area contributed by atoms with E-state index in [4.69, 9.17) is 0 Å². The zero-order valence-corrected chi connectivity index (χ0v) is 40.3. The SMILES string of the molecule is CC(C)(C)c1ccc2c(c1)c1cc(C(C)(C)C)ccc1n2-c1ccc2c3ccc(-n4c5ccc(C(C)(C)C)cc5c5cc(C(C)(C)C)ccc54)cc3n(-c3ccc4ccccc4c3)c2c1. The van der Waals surface area contributed by atoms with Gasteiger partial charge >= 0.3 is 0 Å². The quantitative estimate of drug-likeness (QED) is 0.168. The van der Waals surface area contributed by atoms with Crippen LogP contribution in [0.25, 0.3) is 93.3 Å². The molecule has 3 heteroatoms. The van der Waals surface area contributed by atoms with E-state index in [1.54, 1.807) is 0 Å². The van der Waals surface area contributed by atoms with Crippen LogP contribution in [0.4, 0.5) is 0 Å². The van der Waals surface area contributed by atoms with Crippen molar-refractivity contribution >= 4 is 76.2 Å². The normalized spacial score (nSPS) is 13.2. The van der Waals surface area contributed by atoms with Gasteiger partial charge in [-0.3, -0.25) is 0 Å². The van der Waals surface area contributed by atoms with Gasteiger partial charge in [-0.1, -0.05) is 150 Å². The first-order valence-electron chi connectivity index (χ1n) is 23.5. The fourth-order valence-corrected chi connectivity index (χ4v) is 10.3. The largest absolute Gasteiger partial charge is 0.309 e. The van der Waals surface area contributed by atoms with Gasteiger partial charge in [-0.2, -0.15) is 0 Å². The van der Waals surface area contributed by atoms with Crippen LogP contribution in [0.3, 0.4) is 0 Å². The molecular weight excluding hydrogens is 787 g/mol. The van der Waals surface area contributed by atoms with E-state index in [1.165, 1.54) is 98.4 Å². The lowest BCUT2D eigenvalue weighted by molar-refractivity contribution is 0.590. The molecule has 11 rings (SSSR count). The first-order valence-corrected chi connectivity index (χ1v) is 23.5. The van der Waals surface area contributed by atoms with Gasteiger partial charge in [-0.05, 0) is 140 Å². The average molecular weight is 848 g/mol. The van der Waals surface area contributed by atoms with Gasteiger partial charge in [-0.15, -0.1) is 0 Å². The molecule has 0 aliphatic heterocycles.